The van der Waals surface area contributed by atoms with Crippen molar-refractivity contribution in [3.63, 3.8) is 0 Å². The van der Waals surface area contributed by atoms with Gasteiger partial charge in [0.05, 0.1) is 0 Å². The number of amides is 2. The minimum atomic E-state index is -0.656. The number of phenols is 1. The third-order valence-corrected chi connectivity index (χ3v) is 4.77. The second-order valence-corrected chi connectivity index (χ2v) is 6.93. The third kappa shape index (κ3) is 7.59. The molecule has 5 heteroatoms. The predicted molar refractivity (Wildman–Crippen MR) is 99.5 cm³/mol. The molecule has 0 aromatic heterocycles. The van der Waals surface area contributed by atoms with Gasteiger partial charge in [-0.3, -0.25) is 9.59 Å². The molecule has 1 aromatic rings. The smallest absolute Gasteiger partial charge is 0.313 e. The second-order valence-electron chi connectivity index (χ2n) is 6.93. The van der Waals surface area contributed by atoms with Crippen molar-refractivity contribution < 1.29 is 14.7 Å². The third-order valence-electron chi connectivity index (χ3n) is 4.77. The fraction of sp³-hybridized carbons (Fsp3) is 0.600. The Morgan fingerprint density at radius 2 is 1.24 bits per heavy atom. The van der Waals surface area contributed by atoms with E-state index in [4.69, 9.17) is 0 Å². The molecule has 1 aromatic carbocycles. The Hall–Kier alpha value is -2.04. The summed E-state index contributed by atoms with van der Waals surface area (Å²) >= 11 is 0. The number of nitrogens with one attached hydrogen (secondary N) is 2. The van der Waals surface area contributed by atoms with Crippen molar-refractivity contribution in [3.05, 3.63) is 24.3 Å². The molecule has 138 valence electrons. The lowest BCUT2D eigenvalue weighted by Gasteiger charge is -2.19. The molecule has 1 aliphatic rings. The molecule has 2 amide bonds. The van der Waals surface area contributed by atoms with Gasteiger partial charge in [0.25, 0.3) is 0 Å². The maximum absolute atomic E-state index is 12.2. The zero-order valence-corrected chi connectivity index (χ0v) is 14.9. The summed E-state index contributed by atoms with van der Waals surface area (Å²) in [5, 5.41) is 14.7. The zero-order chi connectivity index (χ0) is 17.9. The molecule has 3 N–H and O–H groups in total. The van der Waals surface area contributed by atoms with Crippen LogP contribution < -0.4 is 10.6 Å². The first-order chi connectivity index (χ1) is 12.1. The highest BCUT2D eigenvalue weighted by Gasteiger charge is 2.18. The molecule has 1 saturated carbocycles. The fourth-order valence-corrected chi connectivity index (χ4v) is 3.29. The van der Waals surface area contributed by atoms with E-state index in [1.54, 1.807) is 12.1 Å². The highest BCUT2D eigenvalue weighted by Crippen LogP contribution is 2.17. The SMILES string of the molecule is O=C(Nc1ccc(O)cc1)C(=O)NC1CCCCCCCCCCC1. The lowest BCUT2D eigenvalue weighted by atomic mass is 9.98. The Morgan fingerprint density at radius 1 is 0.760 bits per heavy atom. The van der Waals surface area contributed by atoms with E-state index in [1.165, 1.54) is 57.1 Å². The summed E-state index contributed by atoms with van der Waals surface area (Å²) in [6.45, 7) is 0. The van der Waals surface area contributed by atoms with Crippen LogP contribution in [0.25, 0.3) is 0 Å². The average Bonchev–Trinajstić information content (AvgIpc) is 2.59. The van der Waals surface area contributed by atoms with Gasteiger partial charge in [-0.2, -0.15) is 0 Å². The molecule has 0 spiro atoms. The van der Waals surface area contributed by atoms with E-state index >= 15 is 0 Å². The fourth-order valence-electron chi connectivity index (χ4n) is 3.29. The zero-order valence-electron chi connectivity index (χ0n) is 14.9. The normalized spacial score (nSPS) is 17.8. The Kier molecular flexibility index (Phi) is 8.29. The number of hydrogen-bond acceptors (Lipinski definition) is 3. The van der Waals surface area contributed by atoms with Crippen molar-refractivity contribution in [2.75, 3.05) is 5.32 Å². The molecule has 1 fully saturated rings. The van der Waals surface area contributed by atoms with Crippen molar-refractivity contribution in [3.8, 4) is 5.75 Å². The number of rotatable bonds is 2. The molecule has 1 aliphatic carbocycles. The van der Waals surface area contributed by atoms with Gasteiger partial charge in [-0.1, -0.05) is 57.8 Å². The highest BCUT2D eigenvalue weighted by molar-refractivity contribution is 6.39. The predicted octanol–water partition coefficient (Wildman–Crippen LogP) is 4.12. The molecule has 25 heavy (non-hydrogen) atoms. The molecule has 0 saturated heterocycles. The number of phenolic OH excluding ortho intramolecular Hbond substituents is 1. The van der Waals surface area contributed by atoms with Crippen molar-refractivity contribution in [1.82, 2.24) is 5.32 Å². The van der Waals surface area contributed by atoms with Crippen molar-refractivity contribution in [1.29, 1.82) is 0 Å². The van der Waals surface area contributed by atoms with Gasteiger partial charge in [-0.25, -0.2) is 0 Å². The van der Waals surface area contributed by atoms with Gasteiger partial charge in [-0.15, -0.1) is 0 Å². The Bertz CT molecular complexity index is 530. The van der Waals surface area contributed by atoms with Gasteiger partial charge < -0.3 is 15.7 Å². The molecule has 0 radical (unpaired) electrons. The van der Waals surface area contributed by atoms with Crippen LogP contribution in [0.5, 0.6) is 5.75 Å². The van der Waals surface area contributed by atoms with Crippen molar-refractivity contribution in [2.24, 2.45) is 0 Å². The van der Waals surface area contributed by atoms with E-state index < -0.39 is 11.8 Å². The van der Waals surface area contributed by atoms with Crippen LogP contribution in [0.1, 0.15) is 70.6 Å². The highest BCUT2D eigenvalue weighted by atomic mass is 16.3. The molecule has 0 aliphatic heterocycles. The van der Waals surface area contributed by atoms with Gasteiger partial charge in [0.1, 0.15) is 5.75 Å². The second kappa shape index (κ2) is 10.7. The van der Waals surface area contributed by atoms with Crippen LogP contribution in [0.2, 0.25) is 0 Å². The van der Waals surface area contributed by atoms with Crippen LogP contribution in [-0.2, 0) is 9.59 Å². The largest absolute Gasteiger partial charge is 0.508 e. The monoisotopic (exact) mass is 346 g/mol. The minimum Gasteiger partial charge on any atom is -0.508 e. The minimum absolute atomic E-state index is 0.0810. The Labute approximate surface area is 150 Å². The summed E-state index contributed by atoms with van der Waals surface area (Å²) in [7, 11) is 0. The Balaban J connectivity index is 1.82. The standard InChI is InChI=1S/C20H30N2O3/c23-18-14-12-17(13-15-18)22-20(25)19(24)21-16-10-8-6-4-2-1-3-5-7-9-11-16/h12-16,23H,1-11H2,(H,21,24)(H,22,25). The summed E-state index contributed by atoms with van der Waals surface area (Å²) in [5.74, 6) is -1.11. The van der Waals surface area contributed by atoms with Gasteiger partial charge in [0.15, 0.2) is 0 Å². The summed E-state index contributed by atoms with van der Waals surface area (Å²) in [4.78, 5) is 24.2. The van der Waals surface area contributed by atoms with E-state index in [9.17, 15) is 14.7 Å². The van der Waals surface area contributed by atoms with Crippen LogP contribution in [0.4, 0.5) is 5.69 Å². The van der Waals surface area contributed by atoms with Crippen molar-refractivity contribution >= 4 is 17.5 Å². The quantitative estimate of drug-likeness (QED) is 0.557. The first kappa shape index (κ1) is 19.3. The van der Waals surface area contributed by atoms with E-state index in [0.29, 0.717) is 5.69 Å². The molecular weight excluding hydrogens is 316 g/mol. The summed E-state index contributed by atoms with van der Waals surface area (Å²) < 4.78 is 0. The van der Waals surface area contributed by atoms with E-state index in [2.05, 4.69) is 10.6 Å². The first-order valence-electron chi connectivity index (χ1n) is 9.56. The van der Waals surface area contributed by atoms with E-state index in [1.807, 2.05) is 0 Å². The van der Waals surface area contributed by atoms with Crippen LogP contribution in [-0.4, -0.2) is 23.0 Å². The lowest BCUT2D eigenvalue weighted by molar-refractivity contribution is -0.136. The number of aromatic hydroxyl groups is 1. The van der Waals surface area contributed by atoms with Crippen LogP contribution >= 0.6 is 0 Å². The van der Waals surface area contributed by atoms with Gasteiger partial charge in [0.2, 0.25) is 0 Å². The number of hydrogen-bond donors (Lipinski definition) is 3. The molecule has 2 rings (SSSR count). The molecule has 0 unspecified atom stereocenters. The van der Waals surface area contributed by atoms with Crippen LogP contribution in [0.3, 0.4) is 0 Å². The number of anilines is 1. The number of carbonyl (C=O) groups excluding carboxylic acids is 2. The van der Waals surface area contributed by atoms with E-state index in [-0.39, 0.29) is 11.8 Å². The van der Waals surface area contributed by atoms with E-state index in [0.717, 1.165) is 25.7 Å². The molecule has 0 heterocycles. The van der Waals surface area contributed by atoms with Crippen molar-refractivity contribution in [2.45, 2.75) is 76.7 Å². The molecule has 5 nitrogen and oxygen atoms in total. The molecular formula is C20H30N2O3. The summed E-state index contributed by atoms with van der Waals surface area (Å²) in [5.41, 5.74) is 0.497. The first-order valence-corrected chi connectivity index (χ1v) is 9.56. The molecule has 0 bridgehead atoms. The van der Waals surface area contributed by atoms with Gasteiger partial charge in [0, 0.05) is 11.7 Å². The van der Waals surface area contributed by atoms with Gasteiger partial charge in [-0.05, 0) is 37.1 Å². The number of carbonyl (C=O) groups is 2. The summed E-state index contributed by atoms with van der Waals surface area (Å²) in [6.07, 6.45) is 13.0. The maximum Gasteiger partial charge on any atom is 0.313 e. The summed E-state index contributed by atoms with van der Waals surface area (Å²) in [6, 6.07) is 6.16. The topological polar surface area (TPSA) is 78.4 Å². The lowest BCUT2D eigenvalue weighted by Crippen LogP contribution is -2.41. The van der Waals surface area contributed by atoms with Crippen LogP contribution in [0, 0.1) is 0 Å². The van der Waals surface area contributed by atoms with Crippen LogP contribution in [0.15, 0.2) is 24.3 Å². The average molecular weight is 346 g/mol. The Morgan fingerprint density at radius 3 is 1.76 bits per heavy atom. The maximum atomic E-state index is 12.2. The number of benzene rings is 1. The van der Waals surface area contributed by atoms with Gasteiger partial charge >= 0.3 is 11.8 Å². The molecule has 0 atom stereocenters.